The molecule has 0 nitrogen and oxygen atoms in total. The standard InChI is InChI=1S/C62H102S12/c1-5-9-13-17-21-25-29-33-37-41-45-63-55-56(64-46-42-38-34-30-26-22-18-14-10-6-2)72-61(71-55)59-67-51-49-53-54(50-52(51)68-59)70-60(69-53)62-73-57(65-47-43-39-35-31-27-23-19-15-11-7-3)58(74-62)66-48-44-40-36-32-28-24-20-16-12-8-4/h49-50H,5-48H2,1-4H3. The van der Waals surface area contributed by atoms with Gasteiger partial charge in [-0.2, -0.15) is 0 Å². The van der Waals surface area contributed by atoms with E-state index in [-0.39, 0.29) is 0 Å². The molecule has 422 valence electrons. The molecule has 4 aliphatic heterocycles. The molecule has 0 N–H and O–H groups in total. The summed E-state index contributed by atoms with van der Waals surface area (Å²) in [6, 6.07) is 5.11. The maximum Gasteiger partial charge on any atom is 0.0717 e. The summed E-state index contributed by atoms with van der Waals surface area (Å²) in [5.74, 6) is 5.09. The lowest BCUT2D eigenvalue weighted by molar-refractivity contribution is 0.563. The van der Waals surface area contributed by atoms with Gasteiger partial charge in [0.25, 0.3) is 0 Å². The molecule has 0 aliphatic carbocycles. The number of unbranched alkanes of at least 4 members (excludes halogenated alkanes) is 36. The van der Waals surface area contributed by atoms with Gasteiger partial charge in [-0.05, 0) is 60.8 Å². The smallest absolute Gasteiger partial charge is 0.0717 e. The predicted molar refractivity (Wildman–Crippen MR) is 366 cm³/mol. The van der Waals surface area contributed by atoms with Crippen molar-refractivity contribution in [3.63, 3.8) is 0 Å². The van der Waals surface area contributed by atoms with E-state index < -0.39 is 0 Å². The Balaban J connectivity index is 1.10. The predicted octanol–water partition coefficient (Wildman–Crippen LogP) is 28.2. The van der Waals surface area contributed by atoms with Crippen molar-refractivity contribution in [1.29, 1.82) is 0 Å². The van der Waals surface area contributed by atoms with Gasteiger partial charge in [0, 0.05) is 19.6 Å². The first-order valence-corrected chi connectivity index (χ1v) is 41.2. The highest BCUT2D eigenvalue weighted by atomic mass is 32.3. The number of thioether (sulfide) groups is 12. The zero-order chi connectivity index (χ0) is 51.9. The molecule has 0 amide bonds. The van der Waals surface area contributed by atoms with Gasteiger partial charge in [0.05, 0.1) is 33.9 Å². The van der Waals surface area contributed by atoms with Gasteiger partial charge in [-0.3, -0.25) is 0 Å². The highest BCUT2D eigenvalue weighted by Gasteiger charge is 2.33. The van der Waals surface area contributed by atoms with Crippen LogP contribution in [0.15, 0.2) is 65.6 Å². The van der Waals surface area contributed by atoms with Crippen LogP contribution in [0.3, 0.4) is 0 Å². The van der Waals surface area contributed by atoms with E-state index in [0.717, 1.165) is 0 Å². The molecule has 12 heteroatoms. The van der Waals surface area contributed by atoms with Crippen molar-refractivity contribution in [2.24, 2.45) is 0 Å². The second-order valence-corrected chi connectivity index (χ2v) is 35.8. The third-order valence-electron chi connectivity index (χ3n) is 14.2. The van der Waals surface area contributed by atoms with Crippen molar-refractivity contribution in [2.75, 3.05) is 23.0 Å². The molecule has 4 aliphatic rings. The highest BCUT2D eigenvalue weighted by molar-refractivity contribution is 8.43. The number of hydrogen-bond acceptors (Lipinski definition) is 12. The van der Waals surface area contributed by atoms with E-state index in [0.29, 0.717) is 0 Å². The summed E-state index contributed by atoms with van der Waals surface area (Å²) >= 11 is 25.4. The van der Waals surface area contributed by atoms with Gasteiger partial charge in [0.1, 0.15) is 0 Å². The third kappa shape index (κ3) is 28.6. The minimum absolute atomic E-state index is 1.27. The molecular formula is C62H102S12. The Kier molecular flexibility index (Phi) is 40.8. The van der Waals surface area contributed by atoms with Crippen LogP contribution in [0.2, 0.25) is 0 Å². The third-order valence-corrected chi connectivity index (χ3v) is 31.6. The maximum absolute atomic E-state index is 2.56. The Hall–Kier alpha value is 2.38. The van der Waals surface area contributed by atoms with Crippen LogP contribution in [0.5, 0.6) is 0 Å². The largest absolute Gasteiger partial charge is 0.117 e. The van der Waals surface area contributed by atoms with Crippen LogP contribution in [0, 0.1) is 0 Å². The number of fused-ring (bicyclic) bond motifs is 2. The van der Waals surface area contributed by atoms with Crippen molar-refractivity contribution in [1.82, 2.24) is 0 Å². The van der Waals surface area contributed by atoms with Crippen LogP contribution in [0.1, 0.15) is 285 Å². The van der Waals surface area contributed by atoms with Gasteiger partial charge >= 0.3 is 0 Å². The fourth-order valence-corrected chi connectivity index (χ4v) is 27.3. The van der Waals surface area contributed by atoms with Gasteiger partial charge in [-0.25, -0.2) is 0 Å². The van der Waals surface area contributed by atoms with Gasteiger partial charge in [0.2, 0.25) is 0 Å². The summed E-state index contributed by atoms with van der Waals surface area (Å²) in [5.41, 5.74) is 0. The van der Waals surface area contributed by atoms with Crippen LogP contribution < -0.4 is 0 Å². The van der Waals surface area contributed by atoms with Gasteiger partial charge in [0.15, 0.2) is 0 Å². The van der Waals surface area contributed by atoms with Crippen LogP contribution in [0.4, 0.5) is 0 Å². The van der Waals surface area contributed by atoms with E-state index in [9.17, 15) is 0 Å². The molecule has 0 fully saturated rings. The molecule has 0 spiro atoms. The average molecular weight is 1230 g/mol. The van der Waals surface area contributed by atoms with Crippen LogP contribution in [0.25, 0.3) is 0 Å². The zero-order valence-electron chi connectivity index (χ0n) is 47.2. The first-order valence-electron chi connectivity index (χ1n) is 30.7. The first kappa shape index (κ1) is 67.2. The summed E-state index contributed by atoms with van der Waals surface area (Å²) < 4.78 is 12.6. The lowest BCUT2D eigenvalue weighted by Gasteiger charge is -2.06. The molecule has 74 heavy (non-hydrogen) atoms. The lowest BCUT2D eigenvalue weighted by Crippen LogP contribution is -1.85. The Morgan fingerprint density at radius 2 is 0.378 bits per heavy atom. The summed E-state index contributed by atoms with van der Waals surface area (Å²) in [6.07, 6.45) is 56.6. The topological polar surface area (TPSA) is 0 Å². The van der Waals surface area contributed by atoms with Crippen molar-refractivity contribution in [3.05, 3.63) is 46.0 Å². The second-order valence-electron chi connectivity index (χ2n) is 21.0. The SMILES string of the molecule is CCCCCCCCCCCCSC1=C(SCCCCCCCCCCCC)SC(=C2Sc3cc4c(cc3S2)SC(=C2SC(SCCCCCCCCCCCC)=C(SCCCCCCCCCCCC)S2)S4)S1. The molecular weight excluding hydrogens is 1130 g/mol. The lowest BCUT2D eigenvalue weighted by atomic mass is 10.1. The molecule has 0 unspecified atom stereocenters. The van der Waals surface area contributed by atoms with Gasteiger partial charge in [-0.15, -0.1) is 47.0 Å². The molecule has 0 bridgehead atoms. The first-order chi connectivity index (χ1) is 36.6. The van der Waals surface area contributed by atoms with Crippen molar-refractivity contribution >= 4 is 141 Å². The van der Waals surface area contributed by atoms with E-state index >= 15 is 0 Å². The van der Waals surface area contributed by atoms with Crippen LogP contribution in [-0.2, 0) is 0 Å². The molecule has 0 saturated carbocycles. The summed E-state index contributed by atoms with van der Waals surface area (Å²) in [7, 11) is 0. The van der Waals surface area contributed by atoms with Crippen LogP contribution >= 0.6 is 141 Å². The molecule has 0 aromatic heterocycles. The number of rotatable bonds is 48. The molecule has 1 aromatic carbocycles. The van der Waals surface area contributed by atoms with Crippen molar-refractivity contribution in [2.45, 2.75) is 304 Å². The minimum Gasteiger partial charge on any atom is -0.117 e. The monoisotopic (exact) mass is 1230 g/mol. The van der Waals surface area contributed by atoms with Gasteiger partial charge in [-0.1, -0.05) is 353 Å². The number of benzene rings is 1. The Bertz CT molecular complexity index is 1540. The van der Waals surface area contributed by atoms with E-state index in [2.05, 4.69) is 181 Å². The zero-order valence-corrected chi connectivity index (χ0v) is 57.0. The second kappa shape index (κ2) is 44.9. The average Bonchev–Trinajstić information content (AvgIpc) is 4.22. The van der Waals surface area contributed by atoms with Crippen molar-refractivity contribution in [3.8, 4) is 0 Å². The summed E-state index contributed by atoms with van der Waals surface area (Å²) in [5, 5.41) is 0. The van der Waals surface area contributed by atoms with E-state index in [1.54, 1.807) is 25.4 Å². The quantitative estimate of drug-likeness (QED) is 0.0571. The molecule has 0 saturated heterocycles. The Morgan fingerprint density at radius 1 is 0.216 bits per heavy atom. The van der Waals surface area contributed by atoms with E-state index in [1.165, 1.54) is 308 Å². The maximum atomic E-state index is 2.56. The fraction of sp³-hybridized carbons (Fsp3) is 0.774. The minimum atomic E-state index is 1.27. The highest BCUT2D eigenvalue weighted by Crippen LogP contribution is 2.68. The van der Waals surface area contributed by atoms with Gasteiger partial charge < -0.3 is 0 Å². The molecule has 5 rings (SSSR count). The molecule has 1 aromatic rings. The molecule has 0 atom stereocenters. The van der Waals surface area contributed by atoms with Crippen molar-refractivity contribution < 1.29 is 0 Å². The van der Waals surface area contributed by atoms with E-state index in [1.807, 2.05) is 0 Å². The molecule has 4 heterocycles. The molecule has 0 radical (unpaired) electrons. The van der Waals surface area contributed by atoms with Crippen LogP contribution in [-0.4, -0.2) is 23.0 Å². The summed E-state index contributed by atoms with van der Waals surface area (Å²) in [6.45, 7) is 9.29. The van der Waals surface area contributed by atoms with E-state index in [4.69, 9.17) is 0 Å². The Morgan fingerprint density at radius 3 is 0.568 bits per heavy atom. The number of hydrogen-bond donors (Lipinski definition) is 0. The normalized spacial score (nSPS) is 15.6. The summed E-state index contributed by atoms with van der Waals surface area (Å²) in [4.78, 5) is 5.92. The Labute approximate surface area is 509 Å². The fourth-order valence-electron chi connectivity index (χ4n) is 9.53.